The first-order valence-corrected chi connectivity index (χ1v) is 20.1. The molecular formula is C15H45P5Ru. The first-order chi connectivity index (χ1) is 8.66. The van der Waals surface area contributed by atoms with E-state index in [1.807, 2.05) is 0 Å². The number of hydrogen-bond acceptors (Lipinski definition) is 0. The number of rotatable bonds is 0. The zero-order valence-corrected chi connectivity index (χ0v) is 23.8. The molecule has 0 fully saturated rings. The third-order valence-electron chi connectivity index (χ3n) is 0. The Balaban J connectivity index is -0.0000000331. The van der Waals surface area contributed by atoms with Crippen molar-refractivity contribution in [1.29, 1.82) is 0 Å². The van der Waals surface area contributed by atoms with Crippen LogP contribution in [0.15, 0.2) is 0 Å². The molecule has 0 aliphatic heterocycles. The molecule has 0 atom stereocenters. The molecule has 0 bridgehead atoms. The molecule has 0 saturated carbocycles. The Labute approximate surface area is 158 Å². The molecule has 0 spiro atoms. The van der Waals surface area contributed by atoms with E-state index >= 15 is 0 Å². The molecule has 0 aromatic rings. The van der Waals surface area contributed by atoms with Gasteiger partial charge in [-0.25, -0.2) is 0 Å². The van der Waals surface area contributed by atoms with Crippen LogP contribution in [0.4, 0.5) is 0 Å². The van der Waals surface area contributed by atoms with Gasteiger partial charge < -0.3 is 0 Å². The Morgan fingerprint density at radius 3 is 0.238 bits per heavy atom. The van der Waals surface area contributed by atoms with Crippen molar-refractivity contribution in [2.24, 2.45) is 0 Å². The minimum atomic E-state index is 0. The van der Waals surface area contributed by atoms with E-state index in [1.54, 1.807) is 0 Å². The molecule has 0 saturated heterocycles. The van der Waals surface area contributed by atoms with E-state index in [9.17, 15) is 0 Å². The maximum Gasteiger partial charge on any atom is 0 e. The van der Waals surface area contributed by atoms with Crippen LogP contribution < -0.4 is 0 Å². The van der Waals surface area contributed by atoms with Crippen molar-refractivity contribution in [3.05, 3.63) is 0 Å². The molecular weight excluding hydrogens is 436 g/mol. The van der Waals surface area contributed by atoms with Crippen LogP contribution in [0.2, 0.25) is 0 Å². The van der Waals surface area contributed by atoms with Gasteiger partial charge in [-0.15, -0.1) is 39.6 Å². The van der Waals surface area contributed by atoms with Crippen LogP contribution in [0.3, 0.4) is 0 Å². The van der Waals surface area contributed by atoms with Gasteiger partial charge in [-0.1, -0.05) is 0 Å². The normalized spacial score (nSPS) is 8.57. The van der Waals surface area contributed by atoms with Crippen LogP contribution >= 0.6 is 39.6 Å². The topological polar surface area (TPSA) is 0 Å². The fourth-order valence-electron chi connectivity index (χ4n) is 0. The molecule has 0 aliphatic carbocycles. The average molecular weight is 481 g/mol. The summed E-state index contributed by atoms with van der Waals surface area (Å²) in [7, 11) is 1.90. The largest absolute Gasteiger partial charge is 0.116 e. The van der Waals surface area contributed by atoms with E-state index in [2.05, 4.69) is 100.0 Å². The minimum absolute atomic E-state index is 0. The molecule has 138 valence electrons. The minimum Gasteiger partial charge on any atom is -0.116 e. The molecule has 0 aliphatic rings. The van der Waals surface area contributed by atoms with Crippen molar-refractivity contribution < 1.29 is 19.5 Å². The second kappa shape index (κ2) is 34.2. The summed E-state index contributed by atoms with van der Waals surface area (Å²) in [6.45, 7) is 33.5. The van der Waals surface area contributed by atoms with E-state index in [-0.39, 0.29) is 19.5 Å². The van der Waals surface area contributed by atoms with Gasteiger partial charge in [0.05, 0.1) is 0 Å². The van der Waals surface area contributed by atoms with Crippen molar-refractivity contribution in [2.75, 3.05) is 100.0 Å². The van der Waals surface area contributed by atoms with E-state index < -0.39 is 0 Å². The molecule has 21 heavy (non-hydrogen) atoms. The fraction of sp³-hybridized carbons (Fsp3) is 1.00. The molecule has 0 N–H and O–H groups in total. The first-order valence-electron chi connectivity index (χ1n) is 6.71. The molecule has 0 nitrogen and oxygen atoms in total. The maximum atomic E-state index is 2.23. The Morgan fingerprint density at radius 2 is 0.238 bits per heavy atom. The predicted molar refractivity (Wildman–Crippen MR) is 123 cm³/mol. The third-order valence-corrected chi connectivity index (χ3v) is 0. The van der Waals surface area contributed by atoms with Gasteiger partial charge in [0, 0.05) is 19.5 Å². The SMILES string of the molecule is CP(C)C.CP(C)C.CP(C)C.CP(C)C.CP(C)C.[Ru]. The summed E-state index contributed by atoms with van der Waals surface area (Å²) >= 11 is 0. The van der Waals surface area contributed by atoms with Gasteiger partial charge in [0.1, 0.15) is 0 Å². The van der Waals surface area contributed by atoms with Crippen molar-refractivity contribution in [3.63, 3.8) is 0 Å². The van der Waals surface area contributed by atoms with Crippen molar-refractivity contribution in [3.8, 4) is 0 Å². The summed E-state index contributed by atoms with van der Waals surface area (Å²) in [5.41, 5.74) is 0. The maximum absolute atomic E-state index is 2.23. The van der Waals surface area contributed by atoms with Crippen molar-refractivity contribution in [1.82, 2.24) is 0 Å². The average Bonchev–Trinajstić information content (AvgIpc) is 1.94. The second-order valence-electron chi connectivity index (χ2n) is 6.71. The van der Waals surface area contributed by atoms with Crippen LogP contribution in [-0.2, 0) is 19.5 Å². The van der Waals surface area contributed by atoms with Gasteiger partial charge in [-0.2, -0.15) is 0 Å². The predicted octanol–water partition coefficient (Wildman–Crippen LogP) is 6.79. The van der Waals surface area contributed by atoms with Crippen LogP contribution in [0, 0.1) is 0 Å². The Bertz CT molecular complexity index is 80.6. The van der Waals surface area contributed by atoms with E-state index in [4.69, 9.17) is 0 Å². The fourth-order valence-corrected chi connectivity index (χ4v) is 0. The van der Waals surface area contributed by atoms with E-state index in [0.717, 1.165) is 0 Å². The van der Waals surface area contributed by atoms with Gasteiger partial charge in [0.15, 0.2) is 0 Å². The van der Waals surface area contributed by atoms with Crippen molar-refractivity contribution in [2.45, 2.75) is 0 Å². The van der Waals surface area contributed by atoms with Crippen LogP contribution in [0.25, 0.3) is 0 Å². The molecule has 0 heterocycles. The smallest absolute Gasteiger partial charge is 0 e. The zero-order chi connectivity index (χ0) is 17.9. The summed E-state index contributed by atoms with van der Waals surface area (Å²) in [5, 5.41) is 0. The molecule has 0 unspecified atom stereocenters. The van der Waals surface area contributed by atoms with Crippen molar-refractivity contribution >= 4 is 39.6 Å². The molecule has 0 radical (unpaired) electrons. The quantitative estimate of drug-likeness (QED) is 0.264. The Morgan fingerprint density at radius 1 is 0.238 bits per heavy atom. The second-order valence-corrected chi connectivity index (χ2v) is 20.1. The van der Waals surface area contributed by atoms with Crippen LogP contribution in [-0.4, -0.2) is 100.0 Å². The summed E-state index contributed by atoms with van der Waals surface area (Å²) in [4.78, 5) is 0. The summed E-state index contributed by atoms with van der Waals surface area (Å²) in [5.74, 6) is 0. The zero-order valence-electron chi connectivity index (χ0n) is 17.6. The molecule has 0 rings (SSSR count). The summed E-state index contributed by atoms with van der Waals surface area (Å²) in [6, 6.07) is 0. The standard InChI is InChI=1S/5C3H9P.Ru/c5*1-4(2)3;/h5*1-3H3;. The molecule has 0 amide bonds. The Hall–Kier alpha value is 2.77. The molecule has 0 aromatic heterocycles. The van der Waals surface area contributed by atoms with Gasteiger partial charge >= 0.3 is 0 Å². The van der Waals surface area contributed by atoms with Gasteiger partial charge in [0.2, 0.25) is 0 Å². The monoisotopic (exact) mass is 482 g/mol. The molecule has 6 heteroatoms. The summed E-state index contributed by atoms with van der Waals surface area (Å²) < 4.78 is 0. The van der Waals surface area contributed by atoms with Gasteiger partial charge in [-0.3, -0.25) is 0 Å². The van der Waals surface area contributed by atoms with Crippen LogP contribution in [0.1, 0.15) is 0 Å². The van der Waals surface area contributed by atoms with Gasteiger partial charge in [-0.05, 0) is 100.0 Å². The van der Waals surface area contributed by atoms with E-state index in [1.165, 1.54) is 0 Å². The van der Waals surface area contributed by atoms with E-state index in [0.29, 0.717) is 39.6 Å². The Kier molecular flexibility index (Phi) is 63.5. The summed E-state index contributed by atoms with van der Waals surface area (Å²) in [6.07, 6.45) is 0. The first kappa shape index (κ1) is 39.0. The number of hydrogen-bond donors (Lipinski definition) is 0. The molecule has 0 aromatic carbocycles. The van der Waals surface area contributed by atoms with Crippen LogP contribution in [0.5, 0.6) is 0 Å². The third kappa shape index (κ3) is 1280. The van der Waals surface area contributed by atoms with Gasteiger partial charge in [0.25, 0.3) is 0 Å².